The van der Waals surface area contributed by atoms with Gasteiger partial charge in [-0.15, -0.1) is 0 Å². The van der Waals surface area contributed by atoms with Crippen molar-refractivity contribution < 1.29 is 14.1 Å². The minimum atomic E-state index is -0.307. The van der Waals surface area contributed by atoms with Crippen molar-refractivity contribution in [1.29, 1.82) is 0 Å². The lowest BCUT2D eigenvalue weighted by Gasteiger charge is -1.99. The van der Waals surface area contributed by atoms with Gasteiger partial charge in [0.2, 0.25) is 0 Å². The summed E-state index contributed by atoms with van der Waals surface area (Å²) in [6, 6.07) is 3.75. The maximum Gasteiger partial charge on any atom is 0.312 e. The predicted octanol–water partition coefficient (Wildman–Crippen LogP) is 1.82. The maximum absolute atomic E-state index is 11.6. The number of rotatable bonds is 3. The minimum absolute atomic E-state index is 0.106. The Labute approximate surface area is 108 Å². The van der Waals surface area contributed by atoms with Crippen molar-refractivity contribution in [3.05, 3.63) is 24.0 Å². The molecule has 0 bridgehead atoms. The van der Waals surface area contributed by atoms with Crippen molar-refractivity contribution in [2.24, 2.45) is 7.05 Å². The van der Waals surface area contributed by atoms with Gasteiger partial charge in [-0.25, -0.2) is 0 Å². The Bertz CT molecular complexity index is 757. The Morgan fingerprint density at radius 1 is 1.47 bits per heavy atom. The number of aromatic nitrogens is 3. The topological polar surface area (TPSA) is 70.2 Å². The van der Waals surface area contributed by atoms with Crippen LogP contribution in [0.3, 0.4) is 0 Å². The fraction of sp³-hybridized carbons (Fsp3) is 0.308. The third-order valence-electron chi connectivity index (χ3n) is 3.05. The van der Waals surface area contributed by atoms with Gasteiger partial charge in [0.15, 0.2) is 5.58 Å². The molecule has 6 nitrogen and oxygen atoms in total. The van der Waals surface area contributed by atoms with Crippen LogP contribution in [0, 0.1) is 0 Å². The van der Waals surface area contributed by atoms with E-state index in [0.29, 0.717) is 17.9 Å². The molecular weight excluding hydrogens is 246 g/mol. The third kappa shape index (κ3) is 1.85. The van der Waals surface area contributed by atoms with Crippen LogP contribution in [0.25, 0.3) is 21.9 Å². The summed E-state index contributed by atoms with van der Waals surface area (Å²) >= 11 is 0. The Morgan fingerprint density at radius 2 is 2.32 bits per heavy atom. The number of hydrogen-bond donors (Lipinski definition) is 0. The molecule has 0 spiro atoms. The number of aryl methyl sites for hydroxylation is 1. The van der Waals surface area contributed by atoms with Crippen molar-refractivity contribution >= 4 is 27.8 Å². The average Bonchev–Trinajstić information content (AvgIpc) is 2.94. The number of ether oxygens (including phenoxy) is 1. The number of hydrogen-bond acceptors (Lipinski definition) is 5. The zero-order chi connectivity index (χ0) is 13.4. The van der Waals surface area contributed by atoms with Crippen LogP contribution in [-0.4, -0.2) is 27.5 Å². The summed E-state index contributed by atoms with van der Waals surface area (Å²) in [5.74, 6) is -0.307. The summed E-state index contributed by atoms with van der Waals surface area (Å²) in [4.78, 5) is 11.6. The summed E-state index contributed by atoms with van der Waals surface area (Å²) in [6.07, 6.45) is 1.86. The second-order valence-corrected chi connectivity index (χ2v) is 4.25. The molecule has 0 N–H and O–H groups in total. The largest absolute Gasteiger partial charge is 0.466 e. The quantitative estimate of drug-likeness (QED) is 0.671. The molecule has 19 heavy (non-hydrogen) atoms. The van der Waals surface area contributed by atoms with E-state index in [1.165, 1.54) is 0 Å². The van der Waals surface area contributed by atoms with Crippen LogP contribution in [0.5, 0.6) is 0 Å². The molecule has 0 aliphatic carbocycles. The molecule has 1 aromatic carbocycles. The van der Waals surface area contributed by atoms with Gasteiger partial charge < -0.3 is 9.26 Å². The van der Waals surface area contributed by atoms with Crippen LogP contribution in [0.15, 0.2) is 22.9 Å². The number of carbonyl (C=O) groups excluding carboxylic acids is 1. The van der Waals surface area contributed by atoms with Gasteiger partial charge >= 0.3 is 5.97 Å². The smallest absolute Gasteiger partial charge is 0.312 e. The molecule has 6 heteroatoms. The third-order valence-corrected chi connectivity index (χ3v) is 3.05. The maximum atomic E-state index is 11.6. The van der Waals surface area contributed by atoms with Crippen LogP contribution in [0.1, 0.15) is 12.6 Å². The number of benzene rings is 1. The second kappa shape index (κ2) is 4.38. The number of nitrogens with zero attached hydrogens (tertiary/aromatic N) is 3. The van der Waals surface area contributed by atoms with Gasteiger partial charge in [0.1, 0.15) is 5.69 Å². The second-order valence-electron chi connectivity index (χ2n) is 4.25. The lowest BCUT2D eigenvalue weighted by Crippen LogP contribution is -2.07. The van der Waals surface area contributed by atoms with E-state index >= 15 is 0 Å². The molecule has 0 unspecified atom stereocenters. The Hall–Kier alpha value is -2.37. The summed E-state index contributed by atoms with van der Waals surface area (Å²) in [5.41, 5.74) is 2.22. The Morgan fingerprint density at radius 3 is 3.11 bits per heavy atom. The lowest BCUT2D eigenvalue weighted by atomic mass is 10.1. The summed E-state index contributed by atoms with van der Waals surface area (Å²) in [5, 5.41) is 9.94. The van der Waals surface area contributed by atoms with Gasteiger partial charge in [-0.05, 0) is 19.1 Å². The van der Waals surface area contributed by atoms with Crippen molar-refractivity contribution in [3.8, 4) is 0 Å². The molecular formula is C13H13N3O3. The van der Waals surface area contributed by atoms with E-state index in [4.69, 9.17) is 9.26 Å². The first-order chi connectivity index (χ1) is 9.20. The zero-order valence-corrected chi connectivity index (χ0v) is 10.7. The summed E-state index contributed by atoms with van der Waals surface area (Å²) < 4.78 is 12.0. The van der Waals surface area contributed by atoms with E-state index < -0.39 is 0 Å². The molecule has 2 heterocycles. The van der Waals surface area contributed by atoms with Gasteiger partial charge in [0.05, 0.1) is 30.1 Å². The van der Waals surface area contributed by atoms with Crippen LogP contribution >= 0.6 is 0 Å². The highest BCUT2D eigenvalue weighted by atomic mass is 16.5. The highest BCUT2D eigenvalue weighted by Crippen LogP contribution is 2.28. The molecule has 0 saturated carbocycles. The van der Waals surface area contributed by atoms with Crippen LogP contribution in [-0.2, 0) is 23.0 Å². The van der Waals surface area contributed by atoms with Crippen molar-refractivity contribution in [2.45, 2.75) is 13.3 Å². The zero-order valence-electron chi connectivity index (χ0n) is 10.7. The Balaban J connectivity index is 2.15. The molecule has 0 saturated heterocycles. The first-order valence-corrected chi connectivity index (χ1v) is 6.05. The van der Waals surface area contributed by atoms with E-state index in [2.05, 4.69) is 10.3 Å². The molecule has 0 fully saturated rings. The molecule has 2 aromatic heterocycles. The van der Waals surface area contributed by atoms with Gasteiger partial charge in [-0.2, -0.15) is 5.10 Å². The van der Waals surface area contributed by atoms with Gasteiger partial charge in [-0.3, -0.25) is 9.48 Å². The summed E-state index contributed by atoms with van der Waals surface area (Å²) in [6.45, 7) is 2.13. The SMILES string of the molecule is CCOC(=O)Cc1noc2ccc3c(cnn3C)c12. The van der Waals surface area contributed by atoms with Crippen molar-refractivity contribution in [1.82, 2.24) is 14.9 Å². The molecule has 98 valence electrons. The van der Waals surface area contributed by atoms with E-state index in [1.807, 2.05) is 19.2 Å². The lowest BCUT2D eigenvalue weighted by molar-refractivity contribution is -0.142. The molecule has 0 aliphatic rings. The highest BCUT2D eigenvalue weighted by molar-refractivity contribution is 6.06. The van der Waals surface area contributed by atoms with E-state index in [9.17, 15) is 4.79 Å². The first kappa shape index (κ1) is 11.7. The standard InChI is InChI=1S/C13H13N3O3/c1-3-18-12(17)6-9-13-8-7-14-16(2)10(8)4-5-11(13)19-15-9/h4-5,7H,3,6H2,1-2H3. The number of fused-ring (bicyclic) bond motifs is 3. The monoisotopic (exact) mass is 259 g/mol. The fourth-order valence-corrected chi connectivity index (χ4v) is 2.20. The molecule has 0 amide bonds. The van der Waals surface area contributed by atoms with Gasteiger partial charge in [-0.1, -0.05) is 5.16 Å². The minimum Gasteiger partial charge on any atom is -0.466 e. The normalized spacial score (nSPS) is 11.3. The average molecular weight is 259 g/mol. The van der Waals surface area contributed by atoms with Gasteiger partial charge in [0, 0.05) is 12.4 Å². The van der Waals surface area contributed by atoms with Crippen LogP contribution in [0.2, 0.25) is 0 Å². The Kier molecular flexibility index (Phi) is 2.70. The highest BCUT2D eigenvalue weighted by Gasteiger charge is 2.17. The first-order valence-electron chi connectivity index (χ1n) is 6.05. The van der Waals surface area contributed by atoms with E-state index in [0.717, 1.165) is 16.3 Å². The van der Waals surface area contributed by atoms with Crippen molar-refractivity contribution in [3.63, 3.8) is 0 Å². The molecule has 3 rings (SSSR count). The molecule has 0 radical (unpaired) electrons. The van der Waals surface area contributed by atoms with Crippen LogP contribution in [0.4, 0.5) is 0 Å². The van der Waals surface area contributed by atoms with Crippen molar-refractivity contribution in [2.75, 3.05) is 6.61 Å². The summed E-state index contributed by atoms with van der Waals surface area (Å²) in [7, 11) is 1.87. The van der Waals surface area contributed by atoms with Crippen LogP contribution < -0.4 is 0 Å². The van der Waals surface area contributed by atoms with Gasteiger partial charge in [0.25, 0.3) is 0 Å². The van der Waals surface area contributed by atoms with E-state index in [1.54, 1.807) is 17.8 Å². The predicted molar refractivity (Wildman–Crippen MR) is 68.6 cm³/mol. The van der Waals surface area contributed by atoms with E-state index in [-0.39, 0.29) is 12.4 Å². The number of carbonyl (C=O) groups is 1. The molecule has 3 aromatic rings. The fourth-order valence-electron chi connectivity index (χ4n) is 2.20. The molecule has 0 aliphatic heterocycles. The molecule has 0 atom stereocenters. The number of esters is 1.